The molecule has 1 aliphatic rings. The molecule has 110 valence electrons. The minimum atomic E-state index is 0.0664. The molecule has 0 bridgehead atoms. The number of benzene rings is 2. The first-order valence-corrected chi connectivity index (χ1v) is 8.41. The number of hydrogen-bond acceptors (Lipinski definition) is 2. The van der Waals surface area contributed by atoms with E-state index in [1.54, 1.807) is 0 Å². The maximum absolute atomic E-state index is 12.3. The summed E-state index contributed by atoms with van der Waals surface area (Å²) in [6.45, 7) is 0. The molecule has 22 heavy (non-hydrogen) atoms. The zero-order valence-electron chi connectivity index (χ0n) is 11.9. The van der Waals surface area contributed by atoms with Crippen LogP contribution in [-0.2, 0) is 0 Å². The molecule has 0 heterocycles. The number of rotatable bonds is 3. The molecule has 0 fully saturated rings. The van der Waals surface area contributed by atoms with Gasteiger partial charge in [-0.25, -0.2) is 0 Å². The summed E-state index contributed by atoms with van der Waals surface area (Å²) in [5, 5.41) is 0. The Morgan fingerprint density at radius 2 is 1.59 bits per heavy atom. The molecular weight excluding hydrogens is 308 g/mol. The van der Waals surface area contributed by atoms with Crippen molar-refractivity contribution >= 4 is 34.6 Å². The van der Waals surface area contributed by atoms with Crippen LogP contribution >= 0.6 is 24.0 Å². The van der Waals surface area contributed by atoms with E-state index in [1.807, 2.05) is 60.7 Å². The lowest BCUT2D eigenvalue weighted by Crippen LogP contribution is -2.00. The van der Waals surface area contributed by atoms with E-state index >= 15 is 0 Å². The molecule has 0 saturated carbocycles. The van der Waals surface area contributed by atoms with Crippen LogP contribution in [0.1, 0.15) is 22.3 Å². The Kier molecular flexibility index (Phi) is 4.76. The normalized spacial score (nSPS) is 16.0. The van der Waals surface area contributed by atoms with Crippen molar-refractivity contribution in [2.45, 2.75) is 11.3 Å². The second kappa shape index (κ2) is 6.95. The van der Waals surface area contributed by atoms with E-state index in [2.05, 4.69) is 24.8 Å². The zero-order valence-corrected chi connectivity index (χ0v) is 13.7. The van der Waals surface area contributed by atoms with Gasteiger partial charge in [0.2, 0.25) is 0 Å². The van der Waals surface area contributed by atoms with Gasteiger partial charge in [-0.15, -0.1) is 12.6 Å². The maximum Gasteiger partial charge on any atom is 0.193 e. The number of thiol groups is 2. The molecule has 0 amide bonds. The minimum Gasteiger partial charge on any atom is -0.289 e. The summed E-state index contributed by atoms with van der Waals surface area (Å²) in [5.74, 6) is 0.0664. The molecule has 0 aromatic heterocycles. The number of ketones is 1. The molecule has 0 aliphatic heterocycles. The lowest BCUT2D eigenvalue weighted by atomic mass is 10.0. The van der Waals surface area contributed by atoms with Crippen LogP contribution < -0.4 is 0 Å². The monoisotopic (exact) mass is 324 g/mol. The van der Waals surface area contributed by atoms with Gasteiger partial charge in [0.05, 0.1) is 0 Å². The van der Waals surface area contributed by atoms with Crippen molar-refractivity contribution in [3.8, 4) is 0 Å². The molecule has 2 aromatic carbocycles. The molecule has 1 nitrogen and oxygen atoms in total. The van der Waals surface area contributed by atoms with Crippen LogP contribution in [-0.4, -0.2) is 10.6 Å². The Labute approximate surface area is 139 Å². The molecule has 3 heteroatoms. The predicted molar refractivity (Wildman–Crippen MR) is 99.4 cm³/mol. The fourth-order valence-electron chi connectivity index (χ4n) is 2.22. The molecule has 0 radical (unpaired) electrons. The minimum absolute atomic E-state index is 0.0664. The summed E-state index contributed by atoms with van der Waals surface area (Å²) in [5.41, 5.74) is 1.45. The van der Waals surface area contributed by atoms with Crippen LogP contribution in [0.4, 0.5) is 0 Å². The van der Waals surface area contributed by atoms with Gasteiger partial charge >= 0.3 is 0 Å². The molecule has 0 spiro atoms. The molecule has 2 aromatic rings. The summed E-state index contributed by atoms with van der Waals surface area (Å²) in [6.07, 6.45) is 7.18. The van der Waals surface area contributed by atoms with Gasteiger partial charge in [-0.3, -0.25) is 4.79 Å². The Hall–Kier alpha value is -1.84. The molecule has 0 N–H and O–H groups in total. The van der Waals surface area contributed by atoms with Crippen molar-refractivity contribution in [1.82, 2.24) is 0 Å². The van der Waals surface area contributed by atoms with Gasteiger partial charge < -0.3 is 0 Å². The average molecular weight is 324 g/mol. The van der Waals surface area contributed by atoms with E-state index in [0.29, 0.717) is 0 Å². The van der Waals surface area contributed by atoms with Crippen molar-refractivity contribution in [1.29, 1.82) is 0 Å². The topological polar surface area (TPSA) is 17.1 Å². The smallest absolute Gasteiger partial charge is 0.193 e. The van der Waals surface area contributed by atoms with Gasteiger partial charge in [0.15, 0.2) is 5.78 Å². The Morgan fingerprint density at radius 1 is 0.909 bits per heavy atom. The van der Waals surface area contributed by atoms with Crippen LogP contribution in [0, 0.1) is 0 Å². The average Bonchev–Trinajstić information content (AvgIpc) is 2.58. The number of carbonyl (C=O) groups is 1. The Bertz CT molecular complexity index is 769. The van der Waals surface area contributed by atoms with E-state index in [-0.39, 0.29) is 5.78 Å². The number of allylic oxidation sites excluding steroid dienone is 3. The summed E-state index contributed by atoms with van der Waals surface area (Å²) in [4.78, 5) is 15.9. The fraction of sp³-hybridized carbons (Fsp3) is 0.0526. The maximum atomic E-state index is 12.3. The van der Waals surface area contributed by atoms with Gasteiger partial charge in [-0.05, 0) is 46.5 Å². The van der Waals surface area contributed by atoms with Gasteiger partial charge in [0, 0.05) is 16.0 Å². The van der Waals surface area contributed by atoms with E-state index in [9.17, 15) is 4.79 Å². The van der Waals surface area contributed by atoms with Crippen molar-refractivity contribution < 1.29 is 4.79 Å². The Morgan fingerprint density at radius 3 is 2.23 bits per heavy atom. The Balaban J connectivity index is 1.78. The zero-order chi connectivity index (χ0) is 15.4. The van der Waals surface area contributed by atoms with E-state index in [1.165, 1.54) is 21.1 Å². The van der Waals surface area contributed by atoms with Gasteiger partial charge in [-0.2, -0.15) is 11.4 Å². The summed E-state index contributed by atoms with van der Waals surface area (Å²) >= 11 is 5.50. The van der Waals surface area contributed by atoms with E-state index < -0.39 is 0 Å². The van der Waals surface area contributed by atoms with Crippen LogP contribution in [0.3, 0.4) is 0 Å². The number of carbonyl (C=O) groups excluding carboxylic acids is 1. The highest BCUT2D eigenvalue weighted by atomic mass is 32.1. The number of hydrogen-bond donors (Lipinski definition) is 2. The van der Waals surface area contributed by atoms with Gasteiger partial charge in [0.25, 0.3) is 0 Å². The van der Waals surface area contributed by atoms with E-state index in [4.69, 9.17) is 0 Å². The van der Waals surface area contributed by atoms with Crippen molar-refractivity contribution in [3.05, 3.63) is 88.9 Å². The van der Waals surface area contributed by atoms with Crippen molar-refractivity contribution in [3.63, 3.8) is 0 Å². The highest BCUT2D eigenvalue weighted by Gasteiger charge is 2.07. The molecule has 0 saturated heterocycles. The van der Waals surface area contributed by atoms with E-state index in [0.717, 1.165) is 22.5 Å². The standard InChI is InChI=1S/C19H16OS2/c20-19(14-4-2-1-3-5-14)15-6-10-17(11-7-15)22-18-12-8-16(21)9-13-18/h1-12,21-22H,13H2. The first-order chi connectivity index (χ1) is 10.7. The molecule has 0 unspecified atom stereocenters. The molecule has 3 rings (SSSR count). The highest BCUT2D eigenvalue weighted by Crippen LogP contribution is 2.20. The second-order valence-electron chi connectivity index (χ2n) is 5.01. The largest absolute Gasteiger partial charge is 0.289 e. The van der Waals surface area contributed by atoms with Crippen molar-refractivity contribution in [2.24, 2.45) is 0 Å². The third-order valence-electron chi connectivity index (χ3n) is 3.40. The van der Waals surface area contributed by atoms with Crippen molar-refractivity contribution in [2.75, 3.05) is 0 Å². The highest BCUT2D eigenvalue weighted by molar-refractivity contribution is 7.99. The quantitative estimate of drug-likeness (QED) is 0.476. The third kappa shape index (κ3) is 3.67. The third-order valence-corrected chi connectivity index (χ3v) is 4.91. The SMILES string of the molecule is O=C(c1ccccc1)c1ccc([SH]=C2C=CC(S)=CC2)cc1. The summed E-state index contributed by atoms with van der Waals surface area (Å²) in [7, 11) is 0. The van der Waals surface area contributed by atoms with Crippen LogP contribution in [0.2, 0.25) is 0 Å². The molecular formula is C19H16OS2. The van der Waals surface area contributed by atoms with Crippen LogP contribution in [0.15, 0.2) is 82.6 Å². The molecule has 0 atom stereocenters. The lowest BCUT2D eigenvalue weighted by molar-refractivity contribution is 0.103. The van der Waals surface area contributed by atoms with Crippen LogP contribution in [0.25, 0.3) is 0 Å². The first kappa shape index (κ1) is 15.1. The second-order valence-corrected chi connectivity index (χ2v) is 6.84. The predicted octanol–water partition coefficient (Wildman–Crippen LogP) is 4.69. The van der Waals surface area contributed by atoms with Gasteiger partial charge in [0.1, 0.15) is 0 Å². The summed E-state index contributed by atoms with van der Waals surface area (Å²) < 4.78 is 0. The fourth-order valence-corrected chi connectivity index (χ4v) is 3.35. The van der Waals surface area contributed by atoms with Gasteiger partial charge in [-0.1, -0.05) is 42.5 Å². The summed E-state index contributed by atoms with van der Waals surface area (Å²) in [6, 6.07) is 17.2. The first-order valence-electron chi connectivity index (χ1n) is 7.07. The lowest BCUT2D eigenvalue weighted by Gasteiger charge is -2.06. The molecule has 1 aliphatic carbocycles. The van der Waals surface area contributed by atoms with Crippen LogP contribution in [0.5, 0.6) is 0 Å².